The first-order chi connectivity index (χ1) is 39.2. The van der Waals surface area contributed by atoms with Crippen LogP contribution in [0.5, 0.6) is 0 Å². The van der Waals surface area contributed by atoms with Crippen molar-refractivity contribution in [1.29, 1.82) is 0 Å². The number of likely N-dealkylation sites (N-methyl/N-ethyl adjacent to an activating group) is 1. The summed E-state index contributed by atoms with van der Waals surface area (Å²) in [6, 6.07) is -1.34. The van der Waals surface area contributed by atoms with Crippen molar-refractivity contribution in [3.63, 3.8) is 0 Å². The van der Waals surface area contributed by atoms with Crippen LogP contribution >= 0.6 is 0 Å². The number of piperazine rings is 1. The van der Waals surface area contributed by atoms with Crippen molar-refractivity contribution in [3.8, 4) is 0 Å². The summed E-state index contributed by atoms with van der Waals surface area (Å²) in [5, 5.41) is 159. The Morgan fingerprint density at radius 2 is 1.25 bits per heavy atom. The molecule has 23 atom stereocenters. The third-order valence-electron chi connectivity index (χ3n) is 16.0. The van der Waals surface area contributed by atoms with E-state index in [9.17, 15) is 81.1 Å². The lowest BCUT2D eigenvalue weighted by Crippen LogP contribution is -2.69. The van der Waals surface area contributed by atoms with Crippen LogP contribution in [-0.4, -0.2) is 261 Å². The Balaban J connectivity index is 1.43. The van der Waals surface area contributed by atoms with Crippen LogP contribution in [0.25, 0.3) is 0 Å². The molecule has 4 saturated heterocycles. The predicted molar refractivity (Wildman–Crippen MR) is 299 cm³/mol. The van der Waals surface area contributed by atoms with Gasteiger partial charge in [-0.2, -0.15) is 0 Å². The van der Waals surface area contributed by atoms with E-state index in [-0.39, 0.29) is 31.6 Å². The number of aliphatic hydroxyl groups is 14. The third-order valence-corrected chi connectivity index (χ3v) is 16.0. The molecule has 1 amide bonds. The summed E-state index contributed by atoms with van der Waals surface area (Å²) in [6.07, 6.45) is -3.03. The lowest BCUT2D eigenvalue weighted by molar-refractivity contribution is -0.323. The highest BCUT2D eigenvalue weighted by Crippen LogP contribution is 2.39. The van der Waals surface area contributed by atoms with Crippen molar-refractivity contribution in [2.45, 2.75) is 201 Å². The number of rotatable bonds is 7. The largest absolute Gasteiger partial charge is 0.462 e. The van der Waals surface area contributed by atoms with E-state index in [0.717, 1.165) is 0 Å². The fourth-order valence-corrected chi connectivity index (χ4v) is 10.7. The van der Waals surface area contributed by atoms with Crippen LogP contribution in [0, 0.1) is 17.8 Å². The molecule has 5 heterocycles. The van der Waals surface area contributed by atoms with Crippen molar-refractivity contribution in [2.24, 2.45) is 17.8 Å². The minimum absolute atomic E-state index is 0.129. The van der Waals surface area contributed by atoms with Crippen molar-refractivity contribution in [1.82, 2.24) is 20.7 Å². The molecule has 4 fully saturated rings. The molecular weight excluding hydrogens is 1090 g/mol. The summed E-state index contributed by atoms with van der Waals surface area (Å²) in [5.41, 5.74) is 2.86. The fourth-order valence-electron chi connectivity index (χ4n) is 10.7. The molecule has 16 N–H and O–H groups in total. The molecule has 5 aliphatic rings. The number of aliphatic hydroxyl groups excluding tert-OH is 12. The van der Waals surface area contributed by atoms with Crippen LogP contribution < -0.4 is 10.7 Å². The lowest BCUT2D eigenvalue weighted by atomic mass is 9.82. The molecule has 5 aliphatic heterocycles. The van der Waals surface area contributed by atoms with Gasteiger partial charge in [0.25, 0.3) is 0 Å². The molecule has 25 nitrogen and oxygen atoms in total. The molecule has 25 heteroatoms. The Morgan fingerprint density at radius 3 is 1.88 bits per heavy atom. The minimum Gasteiger partial charge on any atom is -0.462 e. The molecule has 0 aromatic heterocycles. The van der Waals surface area contributed by atoms with Crippen LogP contribution in [0.4, 0.5) is 0 Å². The fraction of sp³-hybridized carbons (Fsp3) is 0.724. The van der Waals surface area contributed by atoms with Gasteiger partial charge in [-0.15, -0.1) is 0 Å². The summed E-state index contributed by atoms with van der Waals surface area (Å²) >= 11 is 0. The smallest absolute Gasteiger partial charge is 0.308 e. The van der Waals surface area contributed by atoms with Crippen LogP contribution in [-0.2, 0) is 33.3 Å². The Morgan fingerprint density at radius 1 is 0.651 bits per heavy atom. The van der Waals surface area contributed by atoms with Gasteiger partial charge in [0.05, 0.1) is 98.7 Å². The average Bonchev–Trinajstić information content (AvgIpc) is 3.17. The minimum atomic E-state index is -2.47. The van der Waals surface area contributed by atoms with Gasteiger partial charge in [0.2, 0.25) is 11.7 Å². The normalized spacial score (nSPS) is 45.4. The molecule has 0 aromatic carbocycles. The van der Waals surface area contributed by atoms with Gasteiger partial charge in [0, 0.05) is 63.7 Å². The molecule has 472 valence electrons. The van der Waals surface area contributed by atoms with E-state index in [1.165, 1.54) is 13.0 Å². The van der Waals surface area contributed by atoms with Gasteiger partial charge in [0.1, 0.15) is 30.5 Å². The number of allylic oxidation sites excluding steroid dienone is 12. The zero-order valence-corrected chi connectivity index (χ0v) is 48.1. The first kappa shape index (κ1) is 70.0. The third kappa shape index (κ3) is 21.6. The summed E-state index contributed by atoms with van der Waals surface area (Å²) in [4.78, 5) is 29.1. The first-order valence-corrected chi connectivity index (χ1v) is 28.8. The standard InChI is InChI=1S/C58H94N4O21/c1-34-18-16-14-12-10-8-6-7-9-11-13-15-17-19-41(82-56-53(74)49(51(72)37(4)81-56)59-33-58(78)54(75)52(73)45(69)32-79-58)29-46-48(55(76)60-62-24-22-61(5)23-25-62)44(68)31-57(77,83-46)30-40(65)27-43(67)42(66)21-20-38(63)26-39(64)28-47(70)80-36(3)35(2)50(34)71/h6-19,34-46,48-54,56,59,63-69,71-75,77-78H,20-33H2,1-5H3,(H,60,76)/b7-6+,10-8+,11-9+,14-12+,15-13+,18-16+,19-17+/t34-,35?,36-,37+,38+,39+,40-,41-,42+,43+,44-,45+,46?,48?,49-,50+,51+,52-,53-,54-,56-,57+,58+/m0/s1. The van der Waals surface area contributed by atoms with Crippen molar-refractivity contribution in [3.05, 3.63) is 85.1 Å². The number of hydrogen-bond donors (Lipinski definition) is 16. The van der Waals surface area contributed by atoms with Gasteiger partial charge < -0.3 is 105 Å². The van der Waals surface area contributed by atoms with Gasteiger partial charge in [-0.05, 0) is 40.2 Å². The zero-order chi connectivity index (χ0) is 61.2. The number of ether oxygens (including phenoxy) is 5. The van der Waals surface area contributed by atoms with Crippen molar-refractivity contribution < 1.29 is 105 Å². The highest BCUT2D eigenvalue weighted by molar-refractivity contribution is 5.79. The van der Waals surface area contributed by atoms with Gasteiger partial charge in [0.15, 0.2) is 12.1 Å². The molecule has 0 aromatic rings. The molecule has 5 rings (SSSR count). The number of nitrogens with zero attached hydrogens (tertiary/aromatic N) is 2. The number of carbonyl (C=O) groups is 2. The summed E-state index contributed by atoms with van der Waals surface area (Å²) < 4.78 is 29.5. The van der Waals surface area contributed by atoms with Crippen LogP contribution in [0.3, 0.4) is 0 Å². The van der Waals surface area contributed by atoms with E-state index < -0.39 is 184 Å². The predicted octanol–water partition coefficient (Wildman–Crippen LogP) is -2.66. The summed E-state index contributed by atoms with van der Waals surface area (Å²) in [5.74, 6) is -8.41. The Labute approximate surface area is 485 Å². The van der Waals surface area contributed by atoms with E-state index in [1.807, 2.05) is 20.0 Å². The SMILES string of the molecule is CC1[C@H](C)OC(=O)C[C@H](O)C[C@H](O)CC[C@@H](O)[C@H](O)C[C@H](O)C[C@]2(O)C[C@H](O)C(C(=O)NN3CCN(C)CC3)C(C[C@@H](O[C@@H]3O[C@H](C)[C@@H](O)[C@H](NC[C@@]4(O)OC[C@@H](O)[C@H](O)[C@@H]4O)[C@@H]3O)/C=C/C=C/C=C/C=C/C=C/C=C/C=C/[C@H](C)[C@H]1O)O2. The average molecular weight is 1180 g/mol. The van der Waals surface area contributed by atoms with Gasteiger partial charge in [-0.25, -0.2) is 5.01 Å². The number of hydrogen-bond acceptors (Lipinski definition) is 24. The Hall–Kier alpha value is -3.72. The van der Waals surface area contributed by atoms with Gasteiger partial charge in [-0.1, -0.05) is 98.9 Å². The quantitative estimate of drug-likeness (QED) is 0.116. The highest BCUT2D eigenvalue weighted by Gasteiger charge is 2.53. The zero-order valence-electron chi connectivity index (χ0n) is 48.1. The monoisotopic (exact) mass is 1180 g/mol. The highest BCUT2D eigenvalue weighted by atomic mass is 16.7. The maximum Gasteiger partial charge on any atom is 0.308 e. The van der Waals surface area contributed by atoms with E-state index in [2.05, 4.69) is 15.6 Å². The number of cyclic esters (lactones) is 1. The number of hydrazine groups is 1. The van der Waals surface area contributed by atoms with E-state index in [4.69, 9.17) is 23.7 Å². The van der Waals surface area contributed by atoms with Gasteiger partial charge in [-0.3, -0.25) is 15.0 Å². The molecular formula is C58H94N4O21. The van der Waals surface area contributed by atoms with Crippen LogP contribution in [0.1, 0.15) is 79.1 Å². The second kappa shape index (κ2) is 33.4. The summed E-state index contributed by atoms with van der Waals surface area (Å²) in [7, 11) is 1.93. The van der Waals surface area contributed by atoms with E-state index >= 15 is 0 Å². The number of carbonyl (C=O) groups excluding carboxylic acids is 2. The van der Waals surface area contributed by atoms with E-state index in [1.54, 1.807) is 91.8 Å². The molecule has 3 unspecified atom stereocenters. The van der Waals surface area contributed by atoms with Gasteiger partial charge >= 0.3 is 5.97 Å². The maximum absolute atomic E-state index is 14.3. The number of amides is 1. The van der Waals surface area contributed by atoms with Crippen LogP contribution in [0.15, 0.2) is 85.1 Å². The molecule has 2 bridgehead atoms. The molecule has 0 spiro atoms. The number of fused-ring (bicyclic) bond motifs is 2. The second-order valence-corrected chi connectivity index (χ2v) is 23.0. The molecule has 0 saturated carbocycles. The van der Waals surface area contributed by atoms with E-state index in [0.29, 0.717) is 26.2 Å². The van der Waals surface area contributed by atoms with Crippen molar-refractivity contribution in [2.75, 3.05) is 46.4 Å². The maximum atomic E-state index is 14.3. The molecule has 0 radical (unpaired) electrons. The molecule has 0 aliphatic carbocycles. The summed E-state index contributed by atoms with van der Waals surface area (Å²) in [6.45, 7) is 7.62. The number of nitrogens with one attached hydrogen (secondary N) is 2. The first-order valence-electron chi connectivity index (χ1n) is 28.8. The molecule has 83 heavy (non-hydrogen) atoms. The Bertz CT molecular complexity index is 2200. The lowest BCUT2D eigenvalue weighted by Gasteiger charge is -2.47. The van der Waals surface area contributed by atoms with Crippen LogP contribution in [0.2, 0.25) is 0 Å². The number of esters is 1. The topological polar surface area (TPSA) is 394 Å². The van der Waals surface area contributed by atoms with Crippen molar-refractivity contribution >= 4 is 11.9 Å². The second-order valence-electron chi connectivity index (χ2n) is 23.0. The Kier molecular flexibility index (Phi) is 28.2.